The maximum atomic E-state index is 9.18. The Morgan fingerprint density at radius 2 is 2.46 bits per heavy atom. The van der Waals surface area contributed by atoms with Crippen molar-refractivity contribution in [1.29, 1.82) is 0 Å². The summed E-state index contributed by atoms with van der Waals surface area (Å²) in [7, 11) is 0. The minimum absolute atomic E-state index is 0.186. The number of nitrogens with zero attached hydrogens (tertiary/aromatic N) is 1. The van der Waals surface area contributed by atoms with Gasteiger partial charge in [-0.2, -0.15) is 0 Å². The summed E-state index contributed by atoms with van der Waals surface area (Å²) in [6.07, 6.45) is 4.29. The Kier molecular flexibility index (Phi) is 2.65. The number of rotatable bonds is 4. The highest BCUT2D eigenvalue weighted by atomic mass is 32.1. The van der Waals surface area contributed by atoms with Crippen LogP contribution in [-0.2, 0) is 6.42 Å². The van der Waals surface area contributed by atoms with Crippen LogP contribution >= 0.6 is 11.3 Å². The summed E-state index contributed by atoms with van der Waals surface area (Å²) < 4.78 is 0. The van der Waals surface area contributed by atoms with Crippen LogP contribution in [0.3, 0.4) is 0 Å². The molecule has 0 aromatic carbocycles. The molecule has 1 unspecified atom stereocenters. The van der Waals surface area contributed by atoms with E-state index < -0.39 is 0 Å². The molecule has 0 radical (unpaired) electrons. The molecule has 1 aromatic heterocycles. The zero-order valence-corrected chi connectivity index (χ0v) is 8.68. The van der Waals surface area contributed by atoms with Crippen molar-refractivity contribution in [3.63, 3.8) is 0 Å². The predicted octanol–water partition coefficient (Wildman–Crippen LogP) is 2.33. The standard InChI is InChI=1S/C10H15NOS/c1-7(12)2-5-9-10(8-3-4-8)11-6-13-9/h6-8,12H,2-5H2,1H3. The van der Waals surface area contributed by atoms with Gasteiger partial charge in [0.05, 0.1) is 17.3 Å². The van der Waals surface area contributed by atoms with E-state index in [-0.39, 0.29) is 6.10 Å². The van der Waals surface area contributed by atoms with Crippen LogP contribution in [0.5, 0.6) is 0 Å². The number of aliphatic hydroxyl groups is 1. The molecule has 2 nitrogen and oxygen atoms in total. The summed E-state index contributed by atoms with van der Waals surface area (Å²) in [5.74, 6) is 0.746. The Hall–Kier alpha value is -0.410. The lowest BCUT2D eigenvalue weighted by Gasteiger charge is -2.03. The molecule has 0 amide bonds. The van der Waals surface area contributed by atoms with Gasteiger partial charge in [-0.15, -0.1) is 11.3 Å². The molecule has 1 saturated carbocycles. The smallest absolute Gasteiger partial charge is 0.0797 e. The van der Waals surface area contributed by atoms with Gasteiger partial charge in [0.2, 0.25) is 0 Å². The second-order valence-corrected chi connectivity index (χ2v) is 4.76. The van der Waals surface area contributed by atoms with Gasteiger partial charge in [-0.05, 0) is 32.6 Å². The highest BCUT2D eigenvalue weighted by Crippen LogP contribution is 2.42. The molecule has 1 heterocycles. The number of hydrogen-bond acceptors (Lipinski definition) is 3. The van der Waals surface area contributed by atoms with Crippen LogP contribution in [-0.4, -0.2) is 16.2 Å². The Balaban J connectivity index is 1.98. The molecule has 1 fully saturated rings. The summed E-state index contributed by atoms with van der Waals surface area (Å²) in [4.78, 5) is 5.79. The lowest BCUT2D eigenvalue weighted by atomic mass is 10.1. The molecule has 1 N–H and O–H groups in total. The summed E-state index contributed by atoms with van der Waals surface area (Å²) in [6, 6.07) is 0. The second-order valence-electron chi connectivity index (χ2n) is 3.82. The first-order valence-corrected chi connectivity index (χ1v) is 5.75. The van der Waals surface area contributed by atoms with Crippen molar-refractivity contribution in [1.82, 2.24) is 4.98 Å². The third-order valence-electron chi connectivity index (χ3n) is 2.43. The van der Waals surface area contributed by atoms with Crippen molar-refractivity contribution in [3.05, 3.63) is 16.1 Å². The molecule has 0 bridgehead atoms. The Labute approximate surface area is 82.6 Å². The lowest BCUT2D eigenvalue weighted by Crippen LogP contribution is -2.01. The molecule has 72 valence electrons. The van der Waals surface area contributed by atoms with Crippen molar-refractivity contribution in [2.45, 2.75) is 44.6 Å². The molecule has 3 heteroatoms. The second kappa shape index (κ2) is 3.76. The number of hydrogen-bond donors (Lipinski definition) is 1. The molecule has 0 saturated heterocycles. The fraction of sp³-hybridized carbons (Fsp3) is 0.700. The van der Waals surface area contributed by atoms with Crippen molar-refractivity contribution in [2.24, 2.45) is 0 Å². The minimum atomic E-state index is -0.186. The van der Waals surface area contributed by atoms with Gasteiger partial charge in [-0.1, -0.05) is 0 Å². The van der Waals surface area contributed by atoms with E-state index in [4.69, 9.17) is 0 Å². The van der Waals surface area contributed by atoms with Crippen LogP contribution in [0.1, 0.15) is 42.7 Å². The molecular formula is C10H15NOS. The molecule has 1 aromatic rings. The topological polar surface area (TPSA) is 33.1 Å². The third-order valence-corrected chi connectivity index (χ3v) is 3.33. The van der Waals surface area contributed by atoms with Crippen LogP contribution < -0.4 is 0 Å². The minimum Gasteiger partial charge on any atom is -0.393 e. The molecule has 1 atom stereocenters. The Morgan fingerprint density at radius 3 is 3.08 bits per heavy atom. The molecule has 13 heavy (non-hydrogen) atoms. The number of aryl methyl sites for hydroxylation is 1. The largest absolute Gasteiger partial charge is 0.393 e. The van der Waals surface area contributed by atoms with E-state index in [1.165, 1.54) is 23.4 Å². The van der Waals surface area contributed by atoms with Crippen LogP contribution in [0.2, 0.25) is 0 Å². The van der Waals surface area contributed by atoms with Gasteiger partial charge >= 0.3 is 0 Å². The fourth-order valence-electron chi connectivity index (χ4n) is 1.50. The molecule has 1 aliphatic rings. The maximum absolute atomic E-state index is 9.18. The molecule has 0 aliphatic heterocycles. The zero-order valence-electron chi connectivity index (χ0n) is 7.86. The first-order chi connectivity index (χ1) is 6.27. The number of thiazole rings is 1. The SMILES string of the molecule is CC(O)CCc1scnc1C1CC1. The van der Waals surface area contributed by atoms with E-state index in [2.05, 4.69) is 4.98 Å². The van der Waals surface area contributed by atoms with Crippen LogP contribution in [0, 0.1) is 0 Å². The molecular weight excluding hydrogens is 182 g/mol. The Morgan fingerprint density at radius 1 is 1.69 bits per heavy atom. The van der Waals surface area contributed by atoms with Crippen LogP contribution in [0.15, 0.2) is 5.51 Å². The molecule has 2 rings (SSSR count). The lowest BCUT2D eigenvalue weighted by molar-refractivity contribution is 0.185. The van der Waals surface area contributed by atoms with Gasteiger partial charge in [0.15, 0.2) is 0 Å². The summed E-state index contributed by atoms with van der Waals surface area (Å²) in [5.41, 5.74) is 3.25. The predicted molar refractivity (Wildman–Crippen MR) is 54.1 cm³/mol. The normalized spacial score (nSPS) is 18.9. The maximum Gasteiger partial charge on any atom is 0.0797 e. The van der Waals surface area contributed by atoms with E-state index in [9.17, 15) is 5.11 Å². The first kappa shape index (κ1) is 9.16. The van der Waals surface area contributed by atoms with E-state index in [1.807, 2.05) is 12.4 Å². The number of aliphatic hydroxyl groups excluding tert-OH is 1. The van der Waals surface area contributed by atoms with E-state index >= 15 is 0 Å². The van der Waals surface area contributed by atoms with Crippen molar-refractivity contribution in [3.8, 4) is 0 Å². The Bertz CT molecular complexity index is 278. The fourth-order valence-corrected chi connectivity index (χ4v) is 2.37. The first-order valence-electron chi connectivity index (χ1n) is 4.87. The average Bonchev–Trinajstić information content (AvgIpc) is 2.82. The van der Waals surface area contributed by atoms with Gasteiger partial charge in [-0.25, -0.2) is 4.98 Å². The molecule has 1 aliphatic carbocycles. The van der Waals surface area contributed by atoms with Crippen LogP contribution in [0.25, 0.3) is 0 Å². The third kappa shape index (κ3) is 2.29. The van der Waals surface area contributed by atoms with Gasteiger partial charge < -0.3 is 5.11 Å². The van der Waals surface area contributed by atoms with E-state index in [0.717, 1.165) is 18.8 Å². The highest BCUT2D eigenvalue weighted by molar-refractivity contribution is 7.09. The van der Waals surface area contributed by atoms with Gasteiger partial charge in [0.25, 0.3) is 0 Å². The van der Waals surface area contributed by atoms with Crippen molar-refractivity contribution >= 4 is 11.3 Å². The zero-order chi connectivity index (χ0) is 9.26. The number of aromatic nitrogens is 1. The quantitative estimate of drug-likeness (QED) is 0.803. The molecule has 0 spiro atoms. The monoisotopic (exact) mass is 197 g/mol. The van der Waals surface area contributed by atoms with Crippen molar-refractivity contribution in [2.75, 3.05) is 0 Å². The van der Waals surface area contributed by atoms with Gasteiger partial charge in [-0.3, -0.25) is 0 Å². The van der Waals surface area contributed by atoms with Gasteiger partial charge in [0, 0.05) is 10.8 Å². The van der Waals surface area contributed by atoms with Crippen LogP contribution in [0.4, 0.5) is 0 Å². The highest BCUT2D eigenvalue weighted by Gasteiger charge is 2.28. The van der Waals surface area contributed by atoms with E-state index in [0.29, 0.717) is 0 Å². The van der Waals surface area contributed by atoms with Crippen molar-refractivity contribution < 1.29 is 5.11 Å². The summed E-state index contributed by atoms with van der Waals surface area (Å²) in [5, 5.41) is 9.18. The average molecular weight is 197 g/mol. The van der Waals surface area contributed by atoms with Gasteiger partial charge in [0.1, 0.15) is 0 Å². The van der Waals surface area contributed by atoms with E-state index in [1.54, 1.807) is 11.3 Å². The summed E-state index contributed by atoms with van der Waals surface area (Å²) >= 11 is 1.74. The summed E-state index contributed by atoms with van der Waals surface area (Å²) in [6.45, 7) is 1.85.